The summed E-state index contributed by atoms with van der Waals surface area (Å²) < 4.78 is 5.65. The predicted octanol–water partition coefficient (Wildman–Crippen LogP) is 2.37. The minimum absolute atomic E-state index is 0. The first-order chi connectivity index (χ1) is 10.3. The van der Waals surface area contributed by atoms with Gasteiger partial charge in [0.05, 0.1) is 12.5 Å². The minimum Gasteiger partial charge on any atom is -0.493 e. The van der Waals surface area contributed by atoms with Gasteiger partial charge in [0, 0.05) is 23.7 Å². The lowest BCUT2D eigenvalue weighted by atomic mass is 9.91. The number of rotatable bonds is 2. The average molecular weight is 323 g/mol. The lowest BCUT2D eigenvalue weighted by Gasteiger charge is -2.32. The Balaban J connectivity index is 0.00000144. The summed E-state index contributed by atoms with van der Waals surface area (Å²) in [6.45, 7) is 0.632. The molecule has 0 saturated carbocycles. The third-order valence-electron chi connectivity index (χ3n) is 5.09. The van der Waals surface area contributed by atoms with Crippen LogP contribution in [0.4, 0.5) is 0 Å². The summed E-state index contributed by atoms with van der Waals surface area (Å²) in [5.74, 6) is 0.994. The highest BCUT2D eigenvalue weighted by Crippen LogP contribution is 2.34. The van der Waals surface area contributed by atoms with E-state index in [0.29, 0.717) is 24.7 Å². The first-order valence-corrected chi connectivity index (χ1v) is 8.08. The number of fused-ring (bicyclic) bond motifs is 3. The Morgan fingerprint density at radius 1 is 1.14 bits per heavy atom. The minimum atomic E-state index is -0.0533. The van der Waals surface area contributed by atoms with E-state index in [2.05, 4.69) is 10.6 Å². The van der Waals surface area contributed by atoms with Crippen molar-refractivity contribution in [2.75, 3.05) is 6.61 Å². The predicted molar refractivity (Wildman–Crippen MR) is 87.7 cm³/mol. The van der Waals surface area contributed by atoms with Crippen LogP contribution in [0.2, 0.25) is 0 Å². The average Bonchev–Trinajstić information content (AvgIpc) is 2.85. The Morgan fingerprint density at radius 3 is 2.64 bits per heavy atom. The van der Waals surface area contributed by atoms with Crippen molar-refractivity contribution in [2.45, 2.75) is 56.1 Å². The molecule has 0 radical (unpaired) electrons. The van der Waals surface area contributed by atoms with E-state index in [4.69, 9.17) is 4.74 Å². The molecule has 2 fully saturated rings. The summed E-state index contributed by atoms with van der Waals surface area (Å²) in [6.07, 6.45) is 5.45. The molecular formula is C17H23ClN2O2. The van der Waals surface area contributed by atoms with Crippen LogP contribution in [0.15, 0.2) is 24.3 Å². The summed E-state index contributed by atoms with van der Waals surface area (Å²) in [5.41, 5.74) is 1.04. The topological polar surface area (TPSA) is 50.4 Å². The molecule has 2 N–H and O–H groups in total. The van der Waals surface area contributed by atoms with E-state index in [1.807, 2.05) is 24.3 Å². The molecule has 4 rings (SSSR count). The zero-order chi connectivity index (χ0) is 14.2. The van der Waals surface area contributed by atoms with Crippen LogP contribution in [0.5, 0.6) is 5.75 Å². The van der Waals surface area contributed by atoms with E-state index >= 15 is 0 Å². The molecule has 5 heteroatoms. The van der Waals surface area contributed by atoms with Crippen molar-refractivity contribution in [3.8, 4) is 5.75 Å². The van der Waals surface area contributed by atoms with Crippen molar-refractivity contribution in [2.24, 2.45) is 0 Å². The molecule has 0 spiro atoms. The number of nitrogens with one attached hydrogen (secondary N) is 2. The second kappa shape index (κ2) is 6.47. The second-order valence-electron chi connectivity index (χ2n) is 6.54. The maximum atomic E-state index is 12.7. The van der Waals surface area contributed by atoms with Crippen LogP contribution in [-0.4, -0.2) is 30.6 Å². The highest BCUT2D eigenvalue weighted by atomic mass is 35.5. The van der Waals surface area contributed by atoms with Crippen LogP contribution < -0.4 is 15.4 Å². The van der Waals surface area contributed by atoms with Gasteiger partial charge in [0.2, 0.25) is 5.91 Å². The number of carbonyl (C=O) groups is 1. The quantitative estimate of drug-likeness (QED) is 0.879. The molecule has 3 aliphatic rings. The first kappa shape index (κ1) is 15.6. The number of amides is 1. The molecule has 22 heavy (non-hydrogen) atoms. The fourth-order valence-corrected chi connectivity index (χ4v) is 4.09. The van der Waals surface area contributed by atoms with E-state index < -0.39 is 0 Å². The van der Waals surface area contributed by atoms with Gasteiger partial charge in [0.15, 0.2) is 0 Å². The Labute approximate surface area is 137 Å². The largest absolute Gasteiger partial charge is 0.493 e. The monoisotopic (exact) mass is 322 g/mol. The molecule has 2 saturated heterocycles. The zero-order valence-corrected chi connectivity index (χ0v) is 13.4. The fourth-order valence-electron chi connectivity index (χ4n) is 4.09. The summed E-state index contributed by atoms with van der Waals surface area (Å²) >= 11 is 0. The number of hydrogen-bond acceptors (Lipinski definition) is 3. The second-order valence-corrected chi connectivity index (χ2v) is 6.54. The molecule has 1 amide bonds. The number of benzene rings is 1. The van der Waals surface area contributed by atoms with Crippen molar-refractivity contribution in [3.63, 3.8) is 0 Å². The van der Waals surface area contributed by atoms with E-state index in [-0.39, 0.29) is 24.2 Å². The maximum Gasteiger partial charge on any atom is 0.228 e. The van der Waals surface area contributed by atoms with Crippen LogP contribution in [0.25, 0.3) is 0 Å². The van der Waals surface area contributed by atoms with Crippen molar-refractivity contribution >= 4 is 18.3 Å². The highest BCUT2D eigenvalue weighted by molar-refractivity contribution is 5.85. The SMILES string of the molecule is Cl.O=C(NC1CC2CCC(C1)N2)C1CCOc2ccccc21. The Hall–Kier alpha value is -1.26. The summed E-state index contributed by atoms with van der Waals surface area (Å²) in [5, 5.41) is 6.91. The lowest BCUT2D eigenvalue weighted by Crippen LogP contribution is -2.49. The molecule has 0 aromatic heterocycles. The van der Waals surface area contributed by atoms with E-state index in [9.17, 15) is 4.79 Å². The standard InChI is InChI=1S/C17H22N2O2.ClH/c20-17(19-13-9-11-5-6-12(10-13)18-11)15-7-8-21-16-4-2-1-3-14(15)16;/h1-4,11-13,15,18H,5-10H2,(H,19,20);1H. The fraction of sp³-hybridized carbons (Fsp3) is 0.588. The van der Waals surface area contributed by atoms with Crippen molar-refractivity contribution < 1.29 is 9.53 Å². The van der Waals surface area contributed by atoms with E-state index in [1.165, 1.54) is 12.8 Å². The molecule has 1 aromatic carbocycles. The molecular weight excluding hydrogens is 300 g/mol. The van der Waals surface area contributed by atoms with E-state index in [0.717, 1.165) is 30.6 Å². The number of carbonyl (C=O) groups excluding carboxylic acids is 1. The van der Waals surface area contributed by atoms with Crippen LogP contribution in [0, 0.1) is 0 Å². The van der Waals surface area contributed by atoms with Gasteiger partial charge in [-0.3, -0.25) is 4.79 Å². The van der Waals surface area contributed by atoms with Crippen LogP contribution >= 0.6 is 12.4 Å². The molecule has 120 valence electrons. The van der Waals surface area contributed by atoms with Gasteiger partial charge in [-0.25, -0.2) is 0 Å². The summed E-state index contributed by atoms with van der Waals surface area (Å²) in [4.78, 5) is 12.7. The molecule has 4 nitrogen and oxygen atoms in total. The number of ether oxygens (including phenoxy) is 1. The maximum absolute atomic E-state index is 12.7. The van der Waals surface area contributed by atoms with Gasteiger partial charge in [-0.05, 0) is 38.2 Å². The van der Waals surface area contributed by atoms with Gasteiger partial charge in [-0.15, -0.1) is 12.4 Å². The van der Waals surface area contributed by atoms with Gasteiger partial charge in [0.25, 0.3) is 0 Å². The van der Waals surface area contributed by atoms with Crippen molar-refractivity contribution in [3.05, 3.63) is 29.8 Å². The molecule has 2 bridgehead atoms. The van der Waals surface area contributed by atoms with Crippen molar-refractivity contribution in [1.29, 1.82) is 0 Å². The normalized spacial score (nSPS) is 32.4. The number of hydrogen-bond donors (Lipinski definition) is 2. The smallest absolute Gasteiger partial charge is 0.228 e. The van der Waals surface area contributed by atoms with Crippen molar-refractivity contribution in [1.82, 2.24) is 10.6 Å². The third-order valence-corrected chi connectivity index (χ3v) is 5.09. The molecule has 1 aromatic rings. The Kier molecular flexibility index (Phi) is 4.59. The highest BCUT2D eigenvalue weighted by Gasteiger charge is 2.35. The molecule has 0 aliphatic carbocycles. The Morgan fingerprint density at radius 2 is 1.86 bits per heavy atom. The van der Waals surface area contributed by atoms with Gasteiger partial charge in [-0.1, -0.05) is 18.2 Å². The molecule has 3 aliphatic heterocycles. The molecule has 3 unspecified atom stereocenters. The summed E-state index contributed by atoms with van der Waals surface area (Å²) in [6, 6.07) is 9.48. The first-order valence-electron chi connectivity index (χ1n) is 8.08. The van der Waals surface area contributed by atoms with Gasteiger partial charge in [-0.2, -0.15) is 0 Å². The van der Waals surface area contributed by atoms with Crippen LogP contribution in [0.1, 0.15) is 43.6 Å². The van der Waals surface area contributed by atoms with Crippen LogP contribution in [0.3, 0.4) is 0 Å². The van der Waals surface area contributed by atoms with Crippen LogP contribution in [-0.2, 0) is 4.79 Å². The lowest BCUT2D eigenvalue weighted by molar-refractivity contribution is -0.124. The molecule has 3 atom stereocenters. The van der Waals surface area contributed by atoms with Gasteiger partial charge >= 0.3 is 0 Å². The van der Waals surface area contributed by atoms with Gasteiger partial charge < -0.3 is 15.4 Å². The number of para-hydroxylation sites is 1. The Bertz CT molecular complexity index is 539. The van der Waals surface area contributed by atoms with E-state index in [1.54, 1.807) is 0 Å². The number of piperidine rings is 1. The van der Waals surface area contributed by atoms with Gasteiger partial charge in [0.1, 0.15) is 5.75 Å². The molecule has 3 heterocycles. The third kappa shape index (κ3) is 2.95. The summed E-state index contributed by atoms with van der Waals surface area (Å²) in [7, 11) is 0. The number of halogens is 1. The zero-order valence-electron chi connectivity index (χ0n) is 12.6.